The van der Waals surface area contributed by atoms with Crippen LogP contribution in [0.5, 0.6) is 0 Å². The first-order valence-electron chi connectivity index (χ1n) is 8.78. The normalized spacial score (nSPS) is 17.2. The molecular weight excluding hydrogens is 352 g/mol. The molecule has 5 nitrogen and oxygen atoms in total. The maximum Gasteiger partial charge on any atom is 0.263 e. The molecule has 4 rings (SSSR count). The van der Waals surface area contributed by atoms with Crippen LogP contribution in [-0.4, -0.2) is 19.3 Å². The zero-order valence-electron chi connectivity index (χ0n) is 14.8. The first kappa shape index (κ1) is 16.7. The van der Waals surface area contributed by atoms with Crippen molar-refractivity contribution in [2.75, 3.05) is 0 Å². The Morgan fingerprint density at radius 2 is 2.28 bits per heavy atom. The second kappa shape index (κ2) is 6.21. The number of aromatic amines is 1. The van der Waals surface area contributed by atoms with E-state index < -0.39 is 0 Å². The summed E-state index contributed by atoms with van der Waals surface area (Å²) >= 11 is 7.20. The molecule has 0 saturated heterocycles. The number of thiophene rings is 1. The van der Waals surface area contributed by atoms with E-state index in [-0.39, 0.29) is 5.56 Å². The number of aryl methyl sites for hydroxylation is 3. The lowest BCUT2D eigenvalue weighted by molar-refractivity contribution is 0.509. The Hall–Kier alpha value is -1.73. The molecule has 3 aromatic rings. The predicted molar refractivity (Wildman–Crippen MR) is 104 cm³/mol. The third-order valence-electron chi connectivity index (χ3n) is 5.14. The van der Waals surface area contributed by atoms with Crippen LogP contribution in [-0.2, 0) is 25.9 Å². The molecule has 0 spiro atoms. The summed E-state index contributed by atoms with van der Waals surface area (Å²) in [6.45, 7) is 7.60. The lowest BCUT2D eigenvalue weighted by Crippen LogP contribution is -2.23. The lowest BCUT2D eigenvalue weighted by atomic mass is 9.89. The van der Waals surface area contributed by atoms with E-state index in [4.69, 9.17) is 12.2 Å². The van der Waals surface area contributed by atoms with Gasteiger partial charge in [0.2, 0.25) is 0 Å². The van der Waals surface area contributed by atoms with Gasteiger partial charge in [-0.25, -0.2) is 0 Å². The SMILES string of the molecule is CCn1cc(Cn2c(=S)[nH]c3sc4c(c3c2=O)CC[C@H](C)C4)c(C)n1. The van der Waals surface area contributed by atoms with Gasteiger partial charge in [-0.15, -0.1) is 11.3 Å². The molecule has 0 bridgehead atoms. The topological polar surface area (TPSA) is 55.6 Å². The van der Waals surface area contributed by atoms with E-state index in [1.165, 1.54) is 10.4 Å². The highest BCUT2D eigenvalue weighted by Crippen LogP contribution is 2.35. The van der Waals surface area contributed by atoms with Crippen molar-refractivity contribution in [1.29, 1.82) is 0 Å². The van der Waals surface area contributed by atoms with Crippen molar-refractivity contribution >= 4 is 33.8 Å². The van der Waals surface area contributed by atoms with Gasteiger partial charge in [0.15, 0.2) is 4.77 Å². The third kappa shape index (κ3) is 2.79. The van der Waals surface area contributed by atoms with E-state index in [1.54, 1.807) is 15.9 Å². The number of fused-ring (bicyclic) bond motifs is 3. The summed E-state index contributed by atoms with van der Waals surface area (Å²) in [4.78, 5) is 18.8. The summed E-state index contributed by atoms with van der Waals surface area (Å²) < 4.78 is 4.08. The number of aromatic nitrogens is 4. The molecule has 0 saturated carbocycles. The Kier molecular flexibility index (Phi) is 4.16. The fraction of sp³-hybridized carbons (Fsp3) is 0.500. The Bertz CT molecular complexity index is 1070. The fourth-order valence-corrected chi connectivity index (χ4v) is 5.36. The van der Waals surface area contributed by atoms with Gasteiger partial charge in [0, 0.05) is 23.2 Å². The van der Waals surface area contributed by atoms with E-state index in [1.807, 2.05) is 17.8 Å². The zero-order chi connectivity index (χ0) is 17.7. The molecule has 132 valence electrons. The maximum atomic E-state index is 13.2. The number of rotatable bonds is 3. The molecular formula is C18H22N4OS2. The van der Waals surface area contributed by atoms with Crippen molar-refractivity contribution in [2.24, 2.45) is 5.92 Å². The van der Waals surface area contributed by atoms with Gasteiger partial charge >= 0.3 is 0 Å². The average Bonchev–Trinajstić information content (AvgIpc) is 3.10. The summed E-state index contributed by atoms with van der Waals surface area (Å²) in [5.74, 6) is 0.688. The van der Waals surface area contributed by atoms with Gasteiger partial charge in [0.25, 0.3) is 5.56 Å². The summed E-state index contributed by atoms with van der Waals surface area (Å²) in [5, 5.41) is 5.32. The number of nitrogens with zero attached hydrogens (tertiary/aromatic N) is 3. The molecule has 0 aliphatic heterocycles. The molecule has 1 N–H and O–H groups in total. The lowest BCUT2D eigenvalue weighted by Gasteiger charge is -2.17. The molecule has 0 amide bonds. The van der Waals surface area contributed by atoms with Gasteiger partial charge < -0.3 is 4.98 Å². The number of H-pyrrole nitrogens is 1. The van der Waals surface area contributed by atoms with Crippen molar-refractivity contribution < 1.29 is 0 Å². The molecule has 7 heteroatoms. The van der Waals surface area contributed by atoms with Crippen LogP contribution in [0.4, 0.5) is 0 Å². The van der Waals surface area contributed by atoms with Crippen LogP contribution < -0.4 is 5.56 Å². The number of hydrogen-bond acceptors (Lipinski definition) is 4. The number of nitrogens with one attached hydrogen (secondary N) is 1. The molecule has 1 atom stereocenters. The molecule has 0 unspecified atom stereocenters. The van der Waals surface area contributed by atoms with Crippen molar-refractivity contribution in [3.63, 3.8) is 0 Å². The Morgan fingerprint density at radius 3 is 3.00 bits per heavy atom. The van der Waals surface area contributed by atoms with Gasteiger partial charge in [-0.1, -0.05) is 6.92 Å². The van der Waals surface area contributed by atoms with E-state index in [0.29, 0.717) is 17.2 Å². The van der Waals surface area contributed by atoms with Gasteiger partial charge in [-0.2, -0.15) is 5.10 Å². The summed E-state index contributed by atoms with van der Waals surface area (Å²) in [7, 11) is 0. The third-order valence-corrected chi connectivity index (χ3v) is 6.63. The van der Waals surface area contributed by atoms with Gasteiger partial charge in [-0.05, 0) is 56.8 Å². The van der Waals surface area contributed by atoms with E-state index >= 15 is 0 Å². The van der Waals surface area contributed by atoms with Crippen LogP contribution in [0.1, 0.15) is 42.0 Å². The predicted octanol–water partition coefficient (Wildman–Crippen LogP) is 3.82. The molecule has 0 fully saturated rings. The van der Waals surface area contributed by atoms with Gasteiger partial charge in [0.1, 0.15) is 4.83 Å². The van der Waals surface area contributed by atoms with E-state index in [0.717, 1.165) is 47.3 Å². The first-order valence-corrected chi connectivity index (χ1v) is 10.0. The van der Waals surface area contributed by atoms with Crippen LogP contribution in [0.25, 0.3) is 10.2 Å². The highest BCUT2D eigenvalue weighted by Gasteiger charge is 2.23. The molecule has 1 aliphatic carbocycles. The highest BCUT2D eigenvalue weighted by atomic mass is 32.1. The Balaban J connectivity index is 1.86. The van der Waals surface area contributed by atoms with Gasteiger partial charge in [-0.3, -0.25) is 14.0 Å². The molecule has 3 aromatic heterocycles. The van der Waals surface area contributed by atoms with E-state index in [9.17, 15) is 4.79 Å². The molecule has 0 radical (unpaired) electrons. The van der Waals surface area contributed by atoms with Crippen LogP contribution in [0.2, 0.25) is 0 Å². The second-order valence-corrected chi connectivity index (χ2v) is 8.46. The minimum atomic E-state index is 0.0365. The van der Waals surface area contributed by atoms with Crippen molar-refractivity contribution in [2.45, 2.75) is 53.1 Å². The highest BCUT2D eigenvalue weighted by molar-refractivity contribution is 7.71. The summed E-state index contributed by atoms with van der Waals surface area (Å²) in [6.07, 6.45) is 5.21. The number of hydrogen-bond donors (Lipinski definition) is 1. The average molecular weight is 375 g/mol. The molecule has 0 aromatic carbocycles. The first-order chi connectivity index (χ1) is 12.0. The standard InChI is InChI=1S/C18H22N4OS2/c1-4-21-8-12(11(3)20-21)9-22-17(23)15-13-6-5-10(2)7-14(13)25-16(15)19-18(22)24/h8,10H,4-7,9H2,1-3H3,(H,19,24)/t10-/m0/s1. The van der Waals surface area contributed by atoms with Crippen molar-refractivity contribution in [3.8, 4) is 0 Å². The van der Waals surface area contributed by atoms with Gasteiger partial charge in [0.05, 0.1) is 17.6 Å². The minimum absolute atomic E-state index is 0.0365. The van der Waals surface area contributed by atoms with Crippen LogP contribution in [0.3, 0.4) is 0 Å². The van der Waals surface area contributed by atoms with Crippen LogP contribution in [0, 0.1) is 17.6 Å². The minimum Gasteiger partial charge on any atom is -0.323 e. The summed E-state index contributed by atoms with van der Waals surface area (Å²) in [5.41, 5.74) is 3.27. The van der Waals surface area contributed by atoms with Crippen LogP contribution >= 0.6 is 23.6 Å². The van der Waals surface area contributed by atoms with Crippen molar-refractivity contribution in [1.82, 2.24) is 19.3 Å². The Morgan fingerprint density at radius 1 is 1.48 bits per heavy atom. The quantitative estimate of drug-likeness (QED) is 0.709. The fourth-order valence-electron chi connectivity index (χ4n) is 3.65. The molecule has 25 heavy (non-hydrogen) atoms. The zero-order valence-corrected chi connectivity index (χ0v) is 16.4. The van der Waals surface area contributed by atoms with Crippen molar-refractivity contribution in [3.05, 3.63) is 43.0 Å². The smallest absolute Gasteiger partial charge is 0.263 e. The van der Waals surface area contributed by atoms with E-state index in [2.05, 4.69) is 23.9 Å². The molecule has 3 heterocycles. The molecule has 1 aliphatic rings. The maximum absolute atomic E-state index is 13.2. The second-order valence-electron chi connectivity index (χ2n) is 6.97. The largest absolute Gasteiger partial charge is 0.323 e. The monoisotopic (exact) mass is 374 g/mol. The van der Waals surface area contributed by atoms with Crippen LogP contribution in [0.15, 0.2) is 11.0 Å². The Labute approximate surface area is 155 Å². The summed E-state index contributed by atoms with van der Waals surface area (Å²) in [6, 6.07) is 0.